The highest BCUT2D eigenvalue weighted by molar-refractivity contribution is 5.78. The summed E-state index contributed by atoms with van der Waals surface area (Å²) in [5, 5.41) is 6.57. The fourth-order valence-electron chi connectivity index (χ4n) is 3.32. The van der Waals surface area contributed by atoms with Gasteiger partial charge in [-0.25, -0.2) is 0 Å². The van der Waals surface area contributed by atoms with E-state index >= 15 is 0 Å². The zero-order valence-electron chi connectivity index (χ0n) is 11.9. The molecule has 1 heterocycles. The summed E-state index contributed by atoms with van der Waals surface area (Å²) < 4.78 is 0. The molecule has 0 aromatic rings. The van der Waals surface area contributed by atoms with Crippen molar-refractivity contribution in [2.75, 3.05) is 39.3 Å². The number of hydrogen-bond acceptors (Lipinski definition) is 3. The minimum atomic E-state index is 0.230. The molecule has 3 aliphatic rings. The molecule has 1 amide bonds. The summed E-state index contributed by atoms with van der Waals surface area (Å²) in [6, 6.07) is 0. The molecule has 0 radical (unpaired) electrons. The highest BCUT2D eigenvalue weighted by atomic mass is 16.2. The summed E-state index contributed by atoms with van der Waals surface area (Å²) >= 11 is 0. The van der Waals surface area contributed by atoms with E-state index in [1.54, 1.807) is 0 Å². The highest BCUT2D eigenvalue weighted by Gasteiger charge is 2.41. The first kappa shape index (κ1) is 13.4. The summed E-state index contributed by atoms with van der Waals surface area (Å²) in [7, 11) is 0. The van der Waals surface area contributed by atoms with Crippen molar-refractivity contribution in [2.45, 2.75) is 32.1 Å². The van der Waals surface area contributed by atoms with Gasteiger partial charge in [-0.1, -0.05) is 0 Å². The lowest BCUT2D eigenvalue weighted by Gasteiger charge is -2.21. The van der Waals surface area contributed by atoms with Crippen LogP contribution in [0.25, 0.3) is 0 Å². The van der Waals surface area contributed by atoms with Gasteiger partial charge in [-0.2, -0.15) is 0 Å². The molecule has 2 saturated carbocycles. The first-order valence-electron chi connectivity index (χ1n) is 8.02. The van der Waals surface area contributed by atoms with Crippen molar-refractivity contribution in [1.82, 2.24) is 15.5 Å². The van der Waals surface area contributed by atoms with E-state index in [2.05, 4.69) is 15.5 Å². The van der Waals surface area contributed by atoms with E-state index in [1.807, 2.05) is 0 Å². The van der Waals surface area contributed by atoms with Gasteiger partial charge in [0.25, 0.3) is 0 Å². The Morgan fingerprint density at radius 1 is 1.16 bits per heavy atom. The quantitative estimate of drug-likeness (QED) is 0.748. The maximum atomic E-state index is 12.0. The van der Waals surface area contributed by atoms with Gasteiger partial charge in [0, 0.05) is 19.6 Å². The molecule has 1 saturated heterocycles. The zero-order valence-corrected chi connectivity index (χ0v) is 11.9. The second-order valence-electron chi connectivity index (χ2n) is 6.52. The topological polar surface area (TPSA) is 44.4 Å². The van der Waals surface area contributed by atoms with Crippen molar-refractivity contribution in [1.29, 1.82) is 0 Å². The molecule has 108 valence electrons. The second-order valence-corrected chi connectivity index (χ2v) is 6.52. The molecule has 0 bridgehead atoms. The molecule has 19 heavy (non-hydrogen) atoms. The van der Waals surface area contributed by atoms with Crippen molar-refractivity contribution in [3.05, 3.63) is 0 Å². The van der Waals surface area contributed by atoms with Gasteiger partial charge in [-0.15, -0.1) is 0 Å². The molecule has 4 nitrogen and oxygen atoms in total. The van der Waals surface area contributed by atoms with Gasteiger partial charge in [0.2, 0.25) is 5.91 Å². The molecular formula is C15H27N3O. The van der Waals surface area contributed by atoms with Crippen LogP contribution >= 0.6 is 0 Å². The summed E-state index contributed by atoms with van der Waals surface area (Å²) in [4.78, 5) is 14.3. The van der Waals surface area contributed by atoms with Crippen molar-refractivity contribution >= 4 is 5.91 Å². The molecule has 0 aromatic carbocycles. The van der Waals surface area contributed by atoms with Gasteiger partial charge in [0.1, 0.15) is 0 Å². The number of amides is 1. The van der Waals surface area contributed by atoms with Crippen molar-refractivity contribution in [3.8, 4) is 0 Å². The van der Waals surface area contributed by atoms with Crippen molar-refractivity contribution < 1.29 is 4.79 Å². The zero-order chi connectivity index (χ0) is 13.1. The SMILES string of the molecule is O=C(CN1CCCNCC1)NCC(C1CC1)C1CC1. The molecule has 4 heteroatoms. The first-order valence-corrected chi connectivity index (χ1v) is 8.02. The molecule has 0 spiro atoms. The van der Waals surface area contributed by atoms with Crippen LogP contribution in [0.2, 0.25) is 0 Å². The Labute approximate surface area is 116 Å². The van der Waals surface area contributed by atoms with Gasteiger partial charge < -0.3 is 10.6 Å². The maximum Gasteiger partial charge on any atom is 0.234 e. The Morgan fingerprint density at radius 3 is 2.58 bits per heavy atom. The largest absolute Gasteiger partial charge is 0.355 e. The monoisotopic (exact) mass is 265 g/mol. The molecule has 0 atom stereocenters. The maximum absolute atomic E-state index is 12.0. The van der Waals surface area contributed by atoms with Gasteiger partial charge >= 0.3 is 0 Å². The Balaban J connectivity index is 1.37. The standard InChI is InChI=1S/C15H27N3O/c19-15(11-18-8-1-6-16-7-9-18)17-10-14(12-2-3-12)13-4-5-13/h12-14,16H,1-11H2,(H,17,19). The predicted octanol–water partition coefficient (Wildman–Crippen LogP) is 0.834. The Hall–Kier alpha value is -0.610. The number of carbonyl (C=O) groups excluding carboxylic acids is 1. The lowest BCUT2D eigenvalue weighted by Crippen LogP contribution is -2.41. The van der Waals surface area contributed by atoms with E-state index in [-0.39, 0.29) is 5.91 Å². The van der Waals surface area contributed by atoms with E-state index in [4.69, 9.17) is 0 Å². The molecule has 3 rings (SSSR count). The van der Waals surface area contributed by atoms with E-state index in [0.29, 0.717) is 6.54 Å². The third kappa shape index (κ3) is 4.18. The molecule has 0 unspecified atom stereocenters. The van der Waals surface area contributed by atoms with Crippen LogP contribution in [0.5, 0.6) is 0 Å². The fraction of sp³-hybridized carbons (Fsp3) is 0.933. The molecule has 3 fully saturated rings. The van der Waals surface area contributed by atoms with Crippen molar-refractivity contribution in [3.63, 3.8) is 0 Å². The average Bonchev–Trinajstić information content (AvgIpc) is 3.26. The fourth-order valence-corrected chi connectivity index (χ4v) is 3.32. The Kier molecular flexibility index (Phi) is 4.38. The lowest BCUT2D eigenvalue weighted by molar-refractivity contribution is -0.122. The summed E-state index contributed by atoms with van der Waals surface area (Å²) in [6.07, 6.45) is 6.74. The molecule has 0 aromatic heterocycles. The van der Waals surface area contributed by atoms with E-state index in [0.717, 1.165) is 56.9 Å². The van der Waals surface area contributed by atoms with Crippen LogP contribution in [0.15, 0.2) is 0 Å². The molecule has 2 N–H and O–H groups in total. The third-order valence-corrected chi connectivity index (χ3v) is 4.79. The van der Waals surface area contributed by atoms with E-state index in [9.17, 15) is 4.79 Å². The smallest absolute Gasteiger partial charge is 0.234 e. The molecule has 1 aliphatic heterocycles. The van der Waals surface area contributed by atoms with Crippen LogP contribution in [0.4, 0.5) is 0 Å². The summed E-state index contributed by atoms with van der Waals surface area (Å²) in [6.45, 7) is 5.67. The molecular weight excluding hydrogens is 238 g/mol. The minimum absolute atomic E-state index is 0.230. The highest BCUT2D eigenvalue weighted by Crippen LogP contribution is 2.48. The summed E-state index contributed by atoms with van der Waals surface area (Å²) in [5.74, 6) is 2.87. The van der Waals surface area contributed by atoms with Crippen LogP contribution in [0, 0.1) is 17.8 Å². The minimum Gasteiger partial charge on any atom is -0.355 e. The summed E-state index contributed by atoms with van der Waals surface area (Å²) in [5.41, 5.74) is 0. The average molecular weight is 265 g/mol. The van der Waals surface area contributed by atoms with Crippen LogP contribution in [-0.2, 0) is 4.79 Å². The van der Waals surface area contributed by atoms with Gasteiger partial charge in [0.05, 0.1) is 6.54 Å². The van der Waals surface area contributed by atoms with Crippen LogP contribution in [-0.4, -0.2) is 50.1 Å². The van der Waals surface area contributed by atoms with Crippen LogP contribution < -0.4 is 10.6 Å². The number of hydrogen-bond donors (Lipinski definition) is 2. The van der Waals surface area contributed by atoms with Crippen molar-refractivity contribution in [2.24, 2.45) is 17.8 Å². The Bertz CT molecular complexity index is 293. The number of carbonyl (C=O) groups is 1. The first-order chi connectivity index (χ1) is 9.33. The van der Waals surface area contributed by atoms with E-state index < -0.39 is 0 Å². The van der Waals surface area contributed by atoms with Gasteiger partial charge in [0.15, 0.2) is 0 Å². The lowest BCUT2D eigenvalue weighted by atomic mass is 9.98. The second kappa shape index (κ2) is 6.23. The number of nitrogens with zero attached hydrogens (tertiary/aromatic N) is 1. The van der Waals surface area contributed by atoms with Crippen LogP contribution in [0.1, 0.15) is 32.1 Å². The van der Waals surface area contributed by atoms with E-state index in [1.165, 1.54) is 25.7 Å². The molecule has 2 aliphatic carbocycles. The van der Waals surface area contributed by atoms with Crippen LogP contribution in [0.3, 0.4) is 0 Å². The number of nitrogens with one attached hydrogen (secondary N) is 2. The predicted molar refractivity (Wildman–Crippen MR) is 75.9 cm³/mol. The Morgan fingerprint density at radius 2 is 1.89 bits per heavy atom. The number of rotatable bonds is 6. The van der Waals surface area contributed by atoms with Gasteiger partial charge in [-0.05, 0) is 62.9 Å². The van der Waals surface area contributed by atoms with Gasteiger partial charge in [-0.3, -0.25) is 9.69 Å². The third-order valence-electron chi connectivity index (χ3n) is 4.79. The normalized spacial score (nSPS) is 25.3.